The number of aliphatic hydroxyl groups excluding tert-OH is 1. The molecule has 0 bridgehead atoms. The summed E-state index contributed by atoms with van der Waals surface area (Å²) < 4.78 is 15.3. The first-order chi connectivity index (χ1) is 9.63. The molecule has 0 radical (unpaired) electrons. The average Bonchev–Trinajstić information content (AvgIpc) is 2.47. The first-order valence-corrected chi connectivity index (χ1v) is 6.43. The molecule has 0 atom stereocenters. The Balaban J connectivity index is 2.71. The predicted molar refractivity (Wildman–Crippen MR) is 75.2 cm³/mol. The molecule has 0 saturated carbocycles. The van der Waals surface area contributed by atoms with Crippen LogP contribution >= 0.6 is 0 Å². The molecule has 0 aliphatic carbocycles. The average molecular weight is 283 g/mol. The number of hydrogen-bond acceptors (Lipinski definition) is 6. The number of rotatable bonds is 8. The minimum absolute atomic E-state index is 0.147. The molecule has 20 heavy (non-hydrogen) atoms. The minimum atomic E-state index is -0.510. The SMILES string of the molecule is COc1cc(OC)c(N)c(C(=O)OCCCCCO)c1. The molecular formula is C14H21NO5. The fourth-order valence-electron chi connectivity index (χ4n) is 1.69. The maximum atomic E-state index is 12.0. The number of benzene rings is 1. The van der Waals surface area contributed by atoms with Gasteiger partial charge in [0.2, 0.25) is 0 Å². The number of carbonyl (C=O) groups is 1. The van der Waals surface area contributed by atoms with Gasteiger partial charge in [-0.2, -0.15) is 0 Å². The van der Waals surface area contributed by atoms with Gasteiger partial charge in [0.25, 0.3) is 0 Å². The number of methoxy groups -OCH3 is 2. The molecule has 3 N–H and O–H groups in total. The Bertz CT molecular complexity index is 447. The summed E-state index contributed by atoms with van der Waals surface area (Å²) in [5.41, 5.74) is 6.31. The van der Waals surface area contributed by atoms with Gasteiger partial charge in [-0.25, -0.2) is 4.79 Å². The van der Waals surface area contributed by atoms with Gasteiger partial charge in [-0.15, -0.1) is 0 Å². The number of anilines is 1. The molecule has 0 heterocycles. The lowest BCUT2D eigenvalue weighted by Crippen LogP contribution is -2.10. The first-order valence-electron chi connectivity index (χ1n) is 6.43. The quantitative estimate of drug-likeness (QED) is 0.428. The molecule has 0 aliphatic rings. The smallest absolute Gasteiger partial charge is 0.340 e. The normalized spacial score (nSPS) is 10.2. The first kappa shape index (κ1) is 16.1. The standard InChI is InChI=1S/C14H21NO5/c1-18-10-8-11(13(15)12(9-10)19-2)14(17)20-7-5-3-4-6-16/h8-9,16H,3-7,15H2,1-2H3. The third-order valence-electron chi connectivity index (χ3n) is 2.83. The van der Waals surface area contributed by atoms with E-state index in [0.29, 0.717) is 24.3 Å². The Morgan fingerprint density at radius 3 is 2.55 bits per heavy atom. The number of hydrogen-bond donors (Lipinski definition) is 2. The van der Waals surface area contributed by atoms with Crippen LogP contribution in [0.5, 0.6) is 11.5 Å². The van der Waals surface area contributed by atoms with Gasteiger partial charge in [-0.3, -0.25) is 0 Å². The lowest BCUT2D eigenvalue weighted by atomic mass is 10.1. The fraction of sp³-hybridized carbons (Fsp3) is 0.500. The summed E-state index contributed by atoms with van der Waals surface area (Å²) in [6, 6.07) is 3.13. The van der Waals surface area contributed by atoms with Crippen LogP contribution in [0.25, 0.3) is 0 Å². The van der Waals surface area contributed by atoms with Crippen molar-refractivity contribution in [1.29, 1.82) is 0 Å². The Hall–Kier alpha value is -1.95. The highest BCUT2D eigenvalue weighted by Gasteiger charge is 2.17. The zero-order valence-electron chi connectivity index (χ0n) is 11.8. The van der Waals surface area contributed by atoms with Crippen molar-refractivity contribution < 1.29 is 24.1 Å². The van der Waals surface area contributed by atoms with E-state index in [1.807, 2.05) is 0 Å². The minimum Gasteiger partial charge on any atom is -0.497 e. The van der Waals surface area contributed by atoms with Crippen molar-refractivity contribution >= 4 is 11.7 Å². The fourth-order valence-corrected chi connectivity index (χ4v) is 1.69. The number of nitrogen functional groups attached to an aromatic ring is 1. The summed E-state index contributed by atoms with van der Waals surface area (Å²) in [7, 11) is 2.96. The number of nitrogens with two attached hydrogens (primary N) is 1. The van der Waals surface area contributed by atoms with Crippen molar-refractivity contribution in [3.63, 3.8) is 0 Å². The highest BCUT2D eigenvalue weighted by atomic mass is 16.5. The summed E-state index contributed by atoms with van der Waals surface area (Å²) >= 11 is 0. The van der Waals surface area contributed by atoms with Crippen LogP contribution in [0.4, 0.5) is 5.69 Å². The van der Waals surface area contributed by atoms with Gasteiger partial charge in [0.05, 0.1) is 32.1 Å². The zero-order valence-corrected chi connectivity index (χ0v) is 11.8. The van der Waals surface area contributed by atoms with Crippen molar-refractivity contribution in [3.05, 3.63) is 17.7 Å². The Morgan fingerprint density at radius 2 is 1.95 bits per heavy atom. The monoisotopic (exact) mass is 283 g/mol. The van der Waals surface area contributed by atoms with E-state index < -0.39 is 5.97 Å². The number of aliphatic hydroxyl groups is 1. The summed E-state index contributed by atoms with van der Waals surface area (Å²) in [5.74, 6) is 0.337. The molecule has 1 aromatic rings. The maximum Gasteiger partial charge on any atom is 0.340 e. The zero-order chi connectivity index (χ0) is 15.0. The van der Waals surface area contributed by atoms with Crippen LogP contribution < -0.4 is 15.2 Å². The van der Waals surface area contributed by atoms with Gasteiger partial charge < -0.3 is 25.1 Å². The van der Waals surface area contributed by atoms with Crippen molar-refractivity contribution in [2.24, 2.45) is 0 Å². The van der Waals surface area contributed by atoms with Crippen LogP contribution in [0.2, 0.25) is 0 Å². The number of esters is 1. The second-order valence-electron chi connectivity index (χ2n) is 4.21. The Kier molecular flexibility index (Phi) is 6.66. The molecule has 0 fully saturated rings. The summed E-state index contributed by atoms with van der Waals surface area (Å²) in [4.78, 5) is 12.0. The van der Waals surface area contributed by atoms with Crippen LogP contribution in [-0.4, -0.2) is 38.5 Å². The molecule has 6 nitrogen and oxygen atoms in total. The summed E-state index contributed by atoms with van der Waals surface area (Å²) in [6.45, 7) is 0.436. The van der Waals surface area contributed by atoms with E-state index in [1.54, 1.807) is 6.07 Å². The second-order valence-corrected chi connectivity index (χ2v) is 4.21. The maximum absolute atomic E-state index is 12.0. The molecule has 1 aromatic carbocycles. The molecule has 1 rings (SSSR count). The largest absolute Gasteiger partial charge is 0.497 e. The molecular weight excluding hydrogens is 262 g/mol. The molecule has 0 saturated heterocycles. The van der Waals surface area contributed by atoms with E-state index in [4.69, 9.17) is 25.1 Å². The topological polar surface area (TPSA) is 91.0 Å². The Morgan fingerprint density at radius 1 is 1.20 bits per heavy atom. The highest BCUT2D eigenvalue weighted by molar-refractivity contribution is 5.97. The van der Waals surface area contributed by atoms with E-state index in [2.05, 4.69) is 0 Å². The third-order valence-corrected chi connectivity index (χ3v) is 2.83. The van der Waals surface area contributed by atoms with E-state index in [1.165, 1.54) is 20.3 Å². The summed E-state index contributed by atoms with van der Waals surface area (Å²) in [6.07, 6.45) is 2.21. The molecule has 0 aromatic heterocycles. The molecule has 0 aliphatic heterocycles. The number of ether oxygens (including phenoxy) is 3. The third kappa shape index (κ3) is 4.31. The van der Waals surface area contributed by atoms with Gasteiger partial charge in [0, 0.05) is 12.7 Å². The van der Waals surface area contributed by atoms with Crippen LogP contribution in [0.1, 0.15) is 29.6 Å². The number of carbonyl (C=O) groups excluding carboxylic acids is 1. The van der Waals surface area contributed by atoms with Crippen LogP contribution in [0.15, 0.2) is 12.1 Å². The molecule has 6 heteroatoms. The molecule has 0 amide bonds. The predicted octanol–water partition coefficient (Wildman–Crippen LogP) is 1.61. The van der Waals surface area contributed by atoms with Crippen molar-refractivity contribution in [2.75, 3.05) is 33.2 Å². The molecule has 112 valence electrons. The van der Waals surface area contributed by atoms with Crippen molar-refractivity contribution in [3.8, 4) is 11.5 Å². The van der Waals surface area contributed by atoms with Gasteiger partial charge >= 0.3 is 5.97 Å². The van der Waals surface area contributed by atoms with Gasteiger partial charge in [0.1, 0.15) is 11.5 Å². The van der Waals surface area contributed by atoms with E-state index in [-0.39, 0.29) is 24.5 Å². The van der Waals surface area contributed by atoms with E-state index >= 15 is 0 Å². The number of unbranched alkanes of at least 4 members (excludes halogenated alkanes) is 2. The van der Waals surface area contributed by atoms with E-state index in [0.717, 1.165) is 6.42 Å². The Labute approximate surface area is 118 Å². The van der Waals surface area contributed by atoms with Gasteiger partial charge in [0.15, 0.2) is 0 Å². The molecule has 0 unspecified atom stereocenters. The van der Waals surface area contributed by atoms with E-state index in [9.17, 15) is 4.79 Å². The van der Waals surface area contributed by atoms with Crippen molar-refractivity contribution in [2.45, 2.75) is 19.3 Å². The lowest BCUT2D eigenvalue weighted by molar-refractivity contribution is 0.0497. The van der Waals surface area contributed by atoms with Crippen LogP contribution in [0.3, 0.4) is 0 Å². The van der Waals surface area contributed by atoms with Gasteiger partial charge in [-0.1, -0.05) is 0 Å². The summed E-state index contributed by atoms with van der Waals surface area (Å²) in [5, 5.41) is 8.65. The van der Waals surface area contributed by atoms with Crippen LogP contribution in [-0.2, 0) is 4.74 Å². The van der Waals surface area contributed by atoms with Gasteiger partial charge in [-0.05, 0) is 25.3 Å². The lowest BCUT2D eigenvalue weighted by Gasteiger charge is -2.12. The van der Waals surface area contributed by atoms with Crippen molar-refractivity contribution in [1.82, 2.24) is 0 Å². The molecule has 0 spiro atoms. The van der Waals surface area contributed by atoms with Crippen LogP contribution in [0, 0.1) is 0 Å². The second kappa shape index (κ2) is 8.27. The highest BCUT2D eigenvalue weighted by Crippen LogP contribution is 2.31.